The lowest BCUT2D eigenvalue weighted by Gasteiger charge is -2.43. The molecular formula is C20H24N4O3S. The molecule has 2 fully saturated rings. The number of carbonyl (C=O) groups is 1. The number of hydrogen-bond donors (Lipinski definition) is 2. The van der Waals surface area contributed by atoms with Gasteiger partial charge in [-0.25, -0.2) is 13.1 Å². The number of nitrogens with one attached hydrogen (secondary N) is 2. The predicted octanol–water partition coefficient (Wildman–Crippen LogP) is 2.54. The van der Waals surface area contributed by atoms with Crippen LogP contribution in [-0.4, -0.2) is 24.1 Å². The molecule has 1 aromatic heterocycles. The van der Waals surface area contributed by atoms with Gasteiger partial charge in [-0.15, -0.1) is 0 Å². The maximum atomic E-state index is 12.5. The van der Waals surface area contributed by atoms with Gasteiger partial charge in [0.1, 0.15) is 0 Å². The van der Waals surface area contributed by atoms with Crippen LogP contribution in [0.15, 0.2) is 35.4 Å². The van der Waals surface area contributed by atoms with Gasteiger partial charge in [-0.05, 0) is 72.8 Å². The van der Waals surface area contributed by atoms with E-state index < -0.39 is 15.9 Å². The van der Waals surface area contributed by atoms with Crippen molar-refractivity contribution in [3.05, 3.63) is 41.7 Å². The van der Waals surface area contributed by atoms with E-state index >= 15 is 0 Å². The average Bonchev–Trinajstić information content (AvgIpc) is 3.35. The molecule has 0 radical (unpaired) electrons. The summed E-state index contributed by atoms with van der Waals surface area (Å²) >= 11 is 0. The number of hydrogen-bond acceptors (Lipinski definition) is 5. The number of anilines is 1. The Hall–Kier alpha value is -2.35. The Labute approximate surface area is 164 Å². The van der Waals surface area contributed by atoms with E-state index in [1.807, 2.05) is 24.0 Å². The fourth-order valence-corrected chi connectivity index (χ4v) is 6.89. The molecule has 2 bridgehead atoms. The topological polar surface area (TPSA) is 93.1 Å². The molecule has 5 unspecified atom stereocenters. The highest BCUT2D eigenvalue weighted by atomic mass is 32.2. The summed E-state index contributed by atoms with van der Waals surface area (Å²) in [6, 6.07) is 7.44. The van der Waals surface area contributed by atoms with Crippen LogP contribution < -0.4 is 10.0 Å². The van der Waals surface area contributed by atoms with Crippen molar-refractivity contribution >= 4 is 21.6 Å². The molecule has 28 heavy (non-hydrogen) atoms. The second kappa shape index (κ2) is 6.07. The number of carbonyl (C=O) groups excluding carboxylic acids is 1. The van der Waals surface area contributed by atoms with Gasteiger partial charge in [-0.2, -0.15) is 5.10 Å². The van der Waals surface area contributed by atoms with Gasteiger partial charge in [0.15, 0.2) is 0 Å². The van der Waals surface area contributed by atoms with E-state index in [1.54, 1.807) is 12.1 Å². The van der Waals surface area contributed by atoms with Gasteiger partial charge < -0.3 is 5.32 Å². The Morgan fingerprint density at radius 1 is 1.25 bits per heavy atom. The predicted molar refractivity (Wildman–Crippen MR) is 104 cm³/mol. The first kappa shape index (κ1) is 17.7. The molecule has 7 nitrogen and oxygen atoms in total. The molecule has 0 saturated heterocycles. The summed E-state index contributed by atoms with van der Waals surface area (Å²) in [4.78, 5) is 11.5. The van der Waals surface area contributed by atoms with E-state index in [0.717, 1.165) is 11.3 Å². The monoisotopic (exact) mass is 400 g/mol. The SMILES string of the molecule is CC(=O)NS(=O)(=O)c1ccc2c(c1)C1C3CCC(C3)C1C(c1ccnn1C)N2. The van der Waals surface area contributed by atoms with Crippen molar-refractivity contribution in [2.45, 2.75) is 43.0 Å². The molecule has 2 aliphatic carbocycles. The van der Waals surface area contributed by atoms with Crippen LogP contribution in [0.3, 0.4) is 0 Å². The summed E-state index contributed by atoms with van der Waals surface area (Å²) in [5.74, 6) is 1.42. The summed E-state index contributed by atoms with van der Waals surface area (Å²) in [6.45, 7) is 1.21. The number of benzene rings is 1. The van der Waals surface area contributed by atoms with Gasteiger partial charge in [0.25, 0.3) is 10.0 Å². The van der Waals surface area contributed by atoms with Crippen LogP contribution in [0, 0.1) is 17.8 Å². The molecule has 0 spiro atoms. The van der Waals surface area contributed by atoms with Crippen molar-refractivity contribution in [2.24, 2.45) is 24.8 Å². The number of nitrogens with zero attached hydrogens (tertiary/aromatic N) is 2. The first-order valence-corrected chi connectivity index (χ1v) is 11.3. The van der Waals surface area contributed by atoms with E-state index in [2.05, 4.69) is 21.2 Å². The van der Waals surface area contributed by atoms with E-state index in [-0.39, 0.29) is 10.9 Å². The smallest absolute Gasteiger partial charge is 0.264 e. The van der Waals surface area contributed by atoms with Crippen molar-refractivity contribution in [3.8, 4) is 0 Å². The van der Waals surface area contributed by atoms with Crippen molar-refractivity contribution in [2.75, 3.05) is 5.32 Å². The Balaban J connectivity index is 1.61. The zero-order chi connectivity index (χ0) is 19.6. The number of sulfonamides is 1. The van der Waals surface area contributed by atoms with Gasteiger partial charge in [0.05, 0.1) is 16.6 Å². The highest BCUT2D eigenvalue weighted by Crippen LogP contribution is 2.63. The maximum Gasteiger partial charge on any atom is 0.264 e. The molecule has 148 valence electrons. The van der Waals surface area contributed by atoms with E-state index in [9.17, 15) is 13.2 Å². The molecule has 5 atom stereocenters. The second-order valence-corrected chi connectivity index (χ2v) is 10.0. The zero-order valence-corrected chi connectivity index (χ0v) is 16.7. The molecule has 8 heteroatoms. The Morgan fingerprint density at radius 3 is 2.75 bits per heavy atom. The van der Waals surface area contributed by atoms with Gasteiger partial charge in [-0.3, -0.25) is 9.48 Å². The van der Waals surface area contributed by atoms with E-state index in [1.165, 1.54) is 31.9 Å². The highest BCUT2D eigenvalue weighted by Gasteiger charge is 2.54. The van der Waals surface area contributed by atoms with Crippen LogP contribution in [0.1, 0.15) is 49.4 Å². The minimum absolute atomic E-state index is 0.156. The van der Waals surface area contributed by atoms with Crippen LogP contribution in [0.5, 0.6) is 0 Å². The average molecular weight is 401 g/mol. The quantitative estimate of drug-likeness (QED) is 0.826. The van der Waals surface area contributed by atoms with Crippen LogP contribution in [0.25, 0.3) is 0 Å². The van der Waals surface area contributed by atoms with Crippen molar-refractivity contribution in [3.63, 3.8) is 0 Å². The third-order valence-electron chi connectivity index (χ3n) is 6.82. The van der Waals surface area contributed by atoms with Crippen molar-refractivity contribution < 1.29 is 13.2 Å². The molecule has 5 rings (SSSR count). The zero-order valence-electron chi connectivity index (χ0n) is 15.9. The lowest BCUT2D eigenvalue weighted by molar-refractivity contribution is -0.117. The molecular weight excluding hydrogens is 376 g/mol. The number of aryl methyl sites for hydroxylation is 1. The van der Waals surface area contributed by atoms with Gasteiger partial charge >= 0.3 is 0 Å². The van der Waals surface area contributed by atoms with Crippen LogP contribution in [0.4, 0.5) is 5.69 Å². The molecule has 2 N–H and O–H groups in total. The summed E-state index contributed by atoms with van der Waals surface area (Å²) in [7, 11) is -1.87. The third-order valence-corrected chi connectivity index (χ3v) is 8.26. The third kappa shape index (κ3) is 2.57. The second-order valence-electron chi connectivity index (χ2n) is 8.35. The summed E-state index contributed by atoms with van der Waals surface area (Å²) in [6.07, 6.45) is 5.47. The molecule has 2 aromatic rings. The molecule has 1 aromatic carbocycles. The van der Waals surface area contributed by atoms with Crippen molar-refractivity contribution in [1.29, 1.82) is 0 Å². The Bertz CT molecular complexity index is 1060. The summed E-state index contributed by atoms with van der Waals surface area (Å²) in [5, 5.41) is 8.03. The maximum absolute atomic E-state index is 12.5. The molecule has 1 aliphatic heterocycles. The standard InChI is InChI=1S/C20H24N4O3S/c1-11(25)23-28(26,27)14-5-6-16-15(10-14)18-12-3-4-13(9-12)19(18)20(22-16)17-7-8-21-24(17)2/h5-8,10,12-13,18-20,22H,3-4,9H2,1-2H3,(H,23,25). The first-order valence-electron chi connectivity index (χ1n) is 9.77. The summed E-state index contributed by atoms with van der Waals surface area (Å²) < 4.78 is 29.0. The summed E-state index contributed by atoms with van der Waals surface area (Å²) in [5.41, 5.74) is 3.23. The molecule has 1 amide bonds. The van der Waals surface area contributed by atoms with Crippen LogP contribution in [-0.2, 0) is 21.9 Å². The fourth-order valence-electron chi connectivity index (χ4n) is 5.86. The largest absolute Gasteiger partial charge is 0.376 e. The lowest BCUT2D eigenvalue weighted by atomic mass is 9.69. The van der Waals surface area contributed by atoms with Gasteiger partial charge in [0.2, 0.25) is 5.91 Å². The van der Waals surface area contributed by atoms with Crippen LogP contribution >= 0.6 is 0 Å². The molecule has 2 heterocycles. The van der Waals surface area contributed by atoms with Crippen molar-refractivity contribution in [1.82, 2.24) is 14.5 Å². The number of rotatable bonds is 3. The van der Waals surface area contributed by atoms with E-state index in [0.29, 0.717) is 23.7 Å². The van der Waals surface area contributed by atoms with Crippen LogP contribution in [0.2, 0.25) is 0 Å². The lowest BCUT2D eigenvalue weighted by Crippen LogP contribution is -2.36. The fraction of sp³-hybridized carbons (Fsp3) is 0.500. The minimum atomic E-state index is -3.84. The Morgan fingerprint density at radius 2 is 2.04 bits per heavy atom. The van der Waals surface area contributed by atoms with Gasteiger partial charge in [0, 0.05) is 25.9 Å². The Kier molecular flexibility index (Phi) is 3.84. The van der Waals surface area contributed by atoms with E-state index in [4.69, 9.17) is 0 Å². The first-order chi connectivity index (χ1) is 13.3. The van der Waals surface area contributed by atoms with Gasteiger partial charge in [-0.1, -0.05) is 0 Å². The number of amides is 1. The minimum Gasteiger partial charge on any atom is -0.376 e. The highest BCUT2D eigenvalue weighted by molar-refractivity contribution is 7.90. The molecule has 3 aliphatic rings. The normalized spacial score (nSPS) is 30.4. The molecule has 2 saturated carbocycles. The number of aromatic nitrogens is 2. The number of fused-ring (bicyclic) bond motifs is 7.